The van der Waals surface area contributed by atoms with E-state index in [1.165, 1.54) is 18.2 Å². The summed E-state index contributed by atoms with van der Waals surface area (Å²) in [4.78, 5) is 21.4. The van der Waals surface area contributed by atoms with E-state index >= 15 is 0 Å². The largest absolute Gasteiger partial charge is 0.371 e. The predicted molar refractivity (Wildman–Crippen MR) is 65.3 cm³/mol. The highest BCUT2D eigenvalue weighted by Gasteiger charge is 2.14. The van der Waals surface area contributed by atoms with Crippen LogP contribution in [0.2, 0.25) is 5.02 Å². The van der Waals surface area contributed by atoms with Gasteiger partial charge in [-0.05, 0) is 19.1 Å². The normalized spacial score (nSPS) is 9.76. The van der Waals surface area contributed by atoms with Gasteiger partial charge < -0.3 is 10.6 Å². The molecule has 2 N–H and O–H groups in total. The lowest BCUT2D eigenvalue weighted by molar-refractivity contribution is -0.383. The van der Waals surface area contributed by atoms with Crippen molar-refractivity contribution in [2.24, 2.45) is 0 Å². The zero-order chi connectivity index (χ0) is 12.8. The van der Waals surface area contributed by atoms with Crippen molar-refractivity contribution >= 4 is 28.9 Å². The first-order chi connectivity index (χ1) is 8.04. The minimum absolute atomic E-state index is 0.0327. The molecule has 0 fully saturated rings. The highest BCUT2D eigenvalue weighted by atomic mass is 35.5. The fourth-order valence-electron chi connectivity index (χ4n) is 1.24. The van der Waals surface area contributed by atoms with Crippen molar-refractivity contribution in [2.75, 3.05) is 18.4 Å². The monoisotopic (exact) mass is 257 g/mol. The van der Waals surface area contributed by atoms with Crippen molar-refractivity contribution in [1.29, 1.82) is 0 Å². The number of benzene rings is 1. The fourth-order valence-corrected chi connectivity index (χ4v) is 1.42. The molecular weight excluding hydrogens is 246 g/mol. The second kappa shape index (κ2) is 6.05. The quantitative estimate of drug-likeness (QED) is 0.622. The summed E-state index contributed by atoms with van der Waals surface area (Å²) < 4.78 is 0. The van der Waals surface area contributed by atoms with Gasteiger partial charge in [0.25, 0.3) is 5.69 Å². The van der Waals surface area contributed by atoms with E-state index in [0.717, 1.165) is 0 Å². The number of amides is 1. The summed E-state index contributed by atoms with van der Waals surface area (Å²) in [5, 5.41) is 16.4. The number of anilines is 1. The van der Waals surface area contributed by atoms with Crippen LogP contribution in [0.1, 0.15) is 6.92 Å². The number of carbonyl (C=O) groups is 1. The maximum atomic E-state index is 11.2. The van der Waals surface area contributed by atoms with Crippen LogP contribution in [-0.2, 0) is 4.79 Å². The van der Waals surface area contributed by atoms with Crippen molar-refractivity contribution in [3.8, 4) is 0 Å². The highest BCUT2D eigenvalue weighted by molar-refractivity contribution is 6.31. The third-order valence-electron chi connectivity index (χ3n) is 1.97. The van der Waals surface area contributed by atoms with Gasteiger partial charge in [0.2, 0.25) is 5.91 Å². The average molecular weight is 258 g/mol. The molecule has 1 rings (SSSR count). The first kappa shape index (κ1) is 13.2. The zero-order valence-corrected chi connectivity index (χ0v) is 9.95. The summed E-state index contributed by atoms with van der Waals surface area (Å²) in [7, 11) is 0. The summed E-state index contributed by atoms with van der Waals surface area (Å²) in [6, 6.07) is 4.14. The Kier molecular flexibility index (Phi) is 4.71. The lowest BCUT2D eigenvalue weighted by Crippen LogP contribution is -2.29. The van der Waals surface area contributed by atoms with Gasteiger partial charge in [-0.15, -0.1) is 0 Å². The van der Waals surface area contributed by atoms with Crippen molar-refractivity contribution < 1.29 is 9.72 Å². The molecule has 0 unspecified atom stereocenters. The number of likely N-dealkylation sites (N-methyl/N-ethyl adjacent to an activating group) is 1. The van der Waals surface area contributed by atoms with Gasteiger partial charge in [0.15, 0.2) is 0 Å². The van der Waals surface area contributed by atoms with Crippen LogP contribution in [0.4, 0.5) is 11.4 Å². The van der Waals surface area contributed by atoms with Crippen molar-refractivity contribution in [2.45, 2.75) is 6.92 Å². The van der Waals surface area contributed by atoms with Gasteiger partial charge in [-0.25, -0.2) is 0 Å². The molecule has 0 aliphatic carbocycles. The Morgan fingerprint density at radius 2 is 2.24 bits per heavy atom. The molecule has 0 saturated heterocycles. The van der Waals surface area contributed by atoms with E-state index in [1.807, 2.05) is 0 Å². The van der Waals surface area contributed by atoms with Gasteiger partial charge in [-0.1, -0.05) is 11.6 Å². The van der Waals surface area contributed by atoms with E-state index in [4.69, 9.17) is 11.6 Å². The Hall–Kier alpha value is -1.82. The van der Waals surface area contributed by atoms with Gasteiger partial charge in [0, 0.05) is 17.6 Å². The number of nitro benzene ring substituents is 1. The lowest BCUT2D eigenvalue weighted by atomic mass is 10.2. The van der Waals surface area contributed by atoms with Crippen molar-refractivity contribution in [1.82, 2.24) is 5.32 Å². The molecule has 17 heavy (non-hydrogen) atoms. The Morgan fingerprint density at radius 1 is 1.53 bits per heavy atom. The fraction of sp³-hybridized carbons (Fsp3) is 0.300. The Morgan fingerprint density at radius 3 is 2.82 bits per heavy atom. The predicted octanol–water partition coefficient (Wildman–Crippen LogP) is 1.80. The summed E-state index contributed by atoms with van der Waals surface area (Å²) in [6.07, 6.45) is 0. The van der Waals surface area contributed by atoms with Crippen LogP contribution < -0.4 is 10.6 Å². The molecule has 0 atom stereocenters. The van der Waals surface area contributed by atoms with E-state index in [0.29, 0.717) is 11.6 Å². The number of hydrogen-bond donors (Lipinski definition) is 2. The molecule has 0 aromatic heterocycles. The van der Waals surface area contributed by atoms with Crippen molar-refractivity contribution in [3.63, 3.8) is 0 Å². The third-order valence-corrected chi connectivity index (χ3v) is 2.20. The number of hydrogen-bond acceptors (Lipinski definition) is 4. The van der Waals surface area contributed by atoms with Crippen molar-refractivity contribution in [3.05, 3.63) is 33.3 Å². The van der Waals surface area contributed by atoms with E-state index < -0.39 is 4.92 Å². The molecule has 0 bridgehead atoms. The van der Waals surface area contributed by atoms with E-state index in [9.17, 15) is 14.9 Å². The molecule has 7 heteroatoms. The van der Waals surface area contributed by atoms with Crippen LogP contribution >= 0.6 is 11.6 Å². The Balaban J connectivity index is 2.78. The number of nitro groups is 1. The Bertz CT molecular complexity index is 437. The van der Waals surface area contributed by atoms with Gasteiger partial charge in [-0.2, -0.15) is 0 Å². The molecule has 1 amide bonds. The molecule has 0 aliphatic rings. The minimum atomic E-state index is -0.531. The van der Waals surface area contributed by atoms with Gasteiger partial charge in [0.1, 0.15) is 5.69 Å². The summed E-state index contributed by atoms with van der Waals surface area (Å²) in [6.45, 7) is 2.27. The molecule has 1 aromatic carbocycles. The smallest absolute Gasteiger partial charge is 0.292 e. The Labute approximate surface area is 103 Å². The molecule has 6 nitrogen and oxygen atoms in total. The molecule has 92 valence electrons. The van der Waals surface area contributed by atoms with Gasteiger partial charge in [0.05, 0.1) is 11.5 Å². The summed E-state index contributed by atoms with van der Waals surface area (Å²) in [5.41, 5.74) is 0.118. The minimum Gasteiger partial charge on any atom is -0.371 e. The van der Waals surface area contributed by atoms with E-state index in [-0.39, 0.29) is 23.8 Å². The number of rotatable bonds is 5. The number of halogens is 1. The van der Waals surface area contributed by atoms with Gasteiger partial charge >= 0.3 is 0 Å². The molecule has 0 heterocycles. The molecule has 1 aromatic rings. The second-order valence-electron chi connectivity index (χ2n) is 3.23. The van der Waals surface area contributed by atoms with Crippen LogP contribution in [0.15, 0.2) is 18.2 Å². The SMILES string of the molecule is CCNC(=O)CNc1cc(Cl)ccc1[N+](=O)[O-]. The summed E-state index contributed by atoms with van der Waals surface area (Å²) in [5.74, 6) is -0.234. The molecule has 0 aliphatic heterocycles. The maximum Gasteiger partial charge on any atom is 0.292 e. The zero-order valence-electron chi connectivity index (χ0n) is 9.20. The first-order valence-electron chi connectivity index (χ1n) is 4.99. The maximum absolute atomic E-state index is 11.2. The van der Waals surface area contributed by atoms with Crippen LogP contribution in [0.25, 0.3) is 0 Å². The molecular formula is C10H12ClN3O3. The topological polar surface area (TPSA) is 84.3 Å². The lowest BCUT2D eigenvalue weighted by Gasteiger charge is -2.07. The van der Waals surface area contributed by atoms with Crippen LogP contribution in [-0.4, -0.2) is 23.9 Å². The van der Waals surface area contributed by atoms with Crippen LogP contribution in [0, 0.1) is 10.1 Å². The highest BCUT2D eigenvalue weighted by Crippen LogP contribution is 2.27. The van der Waals surface area contributed by atoms with E-state index in [1.54, 1.807) is 6.92 Å². The third kappa shape index (κ3) is 3.92. The van der Waals surface area contributed by atoms with Gasteiger partial charge in [-0.3, -0.25) is 14.9 Å². The van der Waals surface area contributed by atoms with Crippen LogP contribution in [0.3, 0.4) is 0 Å². The first-order valence-corrected chi connectivity index (χ1v) is 5.37. The second-order valence-corrected chi connectivity index (χ2v) is 3.66. The number of nitrogens with one attached hydrogen (secondary N) is 2. The molecule has 0 saturated carbocycles. The summed E-state index contributed by atoms with van der Waals surface area (Å²) >= 11 is 5.73. The van der Waals surface area contributed by atoms with Crippen LogP contribution in [0.5, 0.6) is 0 Å². The molecule has 0 spiro atoms. The van der Waals surface area contributed by atoms with E-state index in [2.05, 4.69) is 10.6 Å². The standard InChI is InChI=1S/C10H12ClN3O3/c1-2-12-10(15)6-13-8-5-7(11)3-4-9(8)14(16)17/h3-5,13H,2,6H2,1H3,(H,12,15). The molecule has 0 radical (unpaired) electrons. The number of carbonyl (C=O) groups excluding carboxylic acids is 1. The average Bonchev–Trinajstić information content (AvgIpc) is 2.26. The number of nitrogens with zero attached hydrogens (tertiary/aromatic N) is 1.